The first-order valence-electron chi connectivity index (χ1n) is 5.84. The number of carbonyl (C=O) groups is 1. The van der Waals surface area contributed by atoms with E-state index >= 15 is 0 Å². The SMILES string of the molecule is CC1(OCC(=O)O)CN(S(=O)(=O)c2cccc(Br)c2)C1. The molecule has 0 spiro atoms. The second-order valence-corrected chi connectivity index (χ2v) is 7.72. The number of nitrogens with zero attached hydrogens (tertiary/aromatic N) is 1. The lowest BCUT2D eigenvalue weighted by molar-refractivity contribution is -0.157. The van der Waals surface area contributed by atoms with Gasteiger partial charge < -0.3 is 9.84 Å². The molecule has 0 saturated carbocycles. The van der Waals surface area contributed by atoms with Gasteiger partial charge in [0.1, 0.15) is 6.61 Å². The van der Waals surface area contributed by atoms with Crippen LogP contribution in [0, 0.1) is 0 Å². The van der Waals surface area contributed by atoms with E-state index in [1.165, 1.54) is 16.4 Å². The zero-order chi connectivity index (χ0) is 15.0. The van der Waals surface area contributed by atoms with Crippen LogP contribution in [0.5, 0.6) is 0 Å². The van der Waals surface area contributed by atoms with Crippen molar-refractivity contribution in [2.45, 2.75) is 17.4 Å². The number of benzene rings is 1. The summed E-state index contributed by atoms with van der Waals surface area (Å²) in [4.78, 5) is 10.7. The maximum absolute atomic E-state index is 12.3. The highest BCUT2D eigenvalue weighted by atomic mass is 79.9. The Balaban J connectivity index is 2.06. The van der Waals surface area contributed by atoms with Crippen LogP contribution < -0.4 is 0 Å². The summed E-state index contributed by atoms with van der Waals surface area (Å²) in [5, 5.41) is 8.57. The topological polar surface area (TPSA) is 83.9 Å². The molecule has 110 valence electrons. The number of rotatable bonds is 5. The van der Waals surface area contributed by atoms with Crippen molar-refractivity contribution in [2.75, 3.05) is 19.7 Å². The van der Waals surface area contributed by atoms with Crippen LogP contribution in [0.15, 0.2) is 33.6 Å². The number of halogens is 1. The van der Waals surface area contributed by atoms with E-state index in [0.717, 1.165) is 0 Å². The third-order valence-electron chi connectivity index (χ3n) is 3.00. The van der Waals surface area contributed by atoms with Crippen LogP contribution in [0.3, 0.4) is 0 Å². The molecule has 0 unspecified atom stereocenters. The van der Waals surface area contributed by atoms with Crippen molar-refractivity contribution < 1.29 is 23.1 Å². The maximum atomic E-state index is 12.3. The summed E-state index contributed by atoms with van der Waals surface area (Å²) in [7, 11) is -3.56. The molecule has 0 radical (unpaired) electrons. The monoisotopic (exact) mass is 363 g/mol. The molecule has 0 aliphatic carbocycles. The van der Waals surface area contributed by atoms with Crippen molar-refractivity contribution in [1.29, 1.82) is 0 Å². The summed E-state index contributed by atoms with van der Waals surface area (Å²) < 4.78 is 31.8. The molecule has 1 saturated heterocycles. The van der Waals surface area contributed by atoms with Gasteiger partial charge in [0.15, 0.2) is 0 Å². The summed E-state index contributed by atoms with van der Waals surface area (Å²) in [6.07, 6.45) is 0. The molecule has 1 heterocycles. The van der Waals surface area contributed by atoms with E-state index in [9.17, 15) is 13.2 Å². The first kappa shape index (κ1) is 15.4. The number of hydrogen-bond donors (Lipinski definition) is 1. The molecule has 0 atom stereocenters. The van der Waals surface area contributed by atoms with Crippen LogP contribution in [0.1, 0.15) is 6.92 Å². The minimum absolute atomic E-state index is 0.148. The van der Waals surface area contributed by atoms with Crippen molar-refractivity contribution in [3.63, 3.8) is 0 Å². The van der Waals surface area contributed by atoms with Gasteiger partial charge in [0.25, 0.3) is 0 Å². The molecule has 1 aliphatic heterocycles. The minimum atomic E-state index is -3.56. The standard InChI is InChI=1S/C12H14BrNO5S/c1-12(19-6-11(15)16)7-14(8-12)20(17,18)10-4-2-3-9(13)5-10/h2-5H,6-8H2,1H3,(H,15,16). The van der Waals surface area contributed by atoms with Gasteiger partial charge in [-0.15, -0.1) is 0 Å². The first-order valence-corrected chi connectivity index (χ1v) is 8.08. The number of hydrogen-bond acceptors (Lipinski definition) is 4. The predicted octanol–water partition coefficient (Wildman–Crippen LogP) is 1.31. The number of ether oxygens (including phenoxy) is 1. The number of aliphatic carboxylic acids is 1. The Bertz CT molecular complexity index is 624. The molecular formula is C12H14BrNO5S. The van der Waals surface area contributed by atoms with Gasteiger partial charge in [-0.25, -0.2) is 13.2 Å². The molecule has 1 aliphatic rings. The third-order valence-corrected chi connectivity index (χ3v) is 5.28. The van der Waals surface area contributed by atoms with Gasteiger partial charge in [-0.2, -0.15) is 4.31 Å². The Hall–Kier alpha value is -0.960. The number of carboxylic acid groups (broad SMARTS) is 1. The fourth-order valence-corrected chi connectivity index (χ4v) is 4.23. The van der Waals surface area contributed by atoms with Crippen molar-refractivity contribution in [3.05, 3.63) is 28.7 Å². The normalized spacial score (nSPS) is 18.5. The predicted molar refractivity (Wildman–Crippen MR) is 74.9 cm³/mol. The van der Waals surface area contributed by atoms with Crippen LogP contribution in [-0.2, 0) is 19.6 Å². The second-order valence-electron chi connectivity index (χ2n) is 4.86. The van der Waals surface area contributed by atoms with Gasteiger partial charge in [-0.05, 0) is 25.1 Å². The van der Waals surface area contributed by atoms with E-state index < -0.39 is 28.2 Å². The van der Waals surface area contributed by atoms with Gasteiger partial charge in [0, 0.05) is 17.6 Å². The lowest BCUT2D eigenvalue weighted by Gasteiger charge is -2.46. The molecule has 6 nitrogen and oxygen atoms in total. The van der Waals surface area contributed by atoms with Gasteiger partial charge in [-0.3, -0.25) is 0 Å². The first-order chi connectivity index (χ1) is 9.23. The Kier molecular flexibility index (Phi) is 4.19. The van der Waals surface area contributed by atoms with Crippen LogP contribution in [0.4, 0.5) is 0 Å². The largest absolute Gasteiger partial charge is 0.480 e. The number of carboxylic acids is 1. The Morgan fingerprint density at radius 3 is 2.70 bits per heavy atom. The highest BCUT2D eigenvalue weighted by Gasteiger charge is 2.46. The molecule has 1 fully saturated rings. The summed E-state index contributed by atoms with van der Waals surface area (Å²) in [5.41, 5.74) is -0.739. The van der Waals surface area contributed by atoms with Crippen molar-refractivity contribution >= 4 is 31.9 Å². The molecular weight excluding hydrogens is 350 g/mol. The molecule has 8 heteroatoms. The van der Waals surface area contributed by atoms with Crippen molar-refractivity contribution in [1.82, 2.24) is 4.31 Å². The molecule has 1 N–H and O–H groups in total. The van der Waals surface area contributed by atoms with E-state index in [0.29, 0.717) is 4.47 Å². The second kappa shape index (κ2) is 5.44. The third kappa shape index (κ3) is 3.20. The Morgan fingerprint density at radius 1 is 1.50 bits per heavy atom. The van der Waals surface area contributed by atoms with E-state index in [1.807, 2.05) is 0 Å². The average molecular weight is 364 g/mol. The molecule has 0 aromatic heterocycles. The fraction of sp³-hybridized carbons (Fsp3) is 0.417. The van der Waals surface area contributed by atoms with Gasteiger partial charge in [0.05, 0.1) is 10.5 Å². The van der Waals surface area contributed by atoms with E-state index in [-0.39, 0.29) is 18.0 Å². The molecule has 20 heavy (non-hydrogen) atoms. The van der Waals surface area contributed by atoms with Crippen molar-refractivity contribution in [2.24, 2.45) is 0 Å². The lowest BCUT2D eigenvalue weighted by Crippen LogP contribution is -2.63. The quantitative estimate of drug-likeness (QED) is 0.852. The van der Waals surface area contributed by atoms with Crippen LogP contribution in [-0.4, -0.2) is 49.1 Å². The fourth-order valence-electron chi connectivity index (χ4n) is 1.97. The highest BCUT2D eigenvalue weighted by molar-refractivity contribution is 9.10. The zero-order valence-electron chi connectivity index (χ0n) is 10.7. The average Bonchev–Trinajstić information content (AvgIpc) is 2.33. The van der Waals surface area contributed by atoms with E-state index in [1.54, 1.807) is 19.1 Å². The van der Waals surface area contributed by atoms with Gasteiger partial charge in [0.2, 0.25) is 10.0 Å². The van der Waals surface area contributed by atoms with Crippen LogP contribution >= 0.6 is 15.9 Å². The van der Waals surface area contributed by atoms with Gasteiger partial charge >= 0.3 is 5.97 Å². The van der Waals surface area contributed by atoms with E-state index in [2.05, 4.69) is 15.9 Å². The summed E-state index contributed by atoms with van der Waals surface area (Å²) >= 11 is 3.23. The van der Waals surface area contributed by atoms with Crippen LogP contribution in [0.25, 0.3) is 0 Å². The molecule has 0 bridgehead atoms. The van der Waals surface area contributed by atoms with Crippen LogP contribution in [0.2, 0.25) is 0 Å². The Labute approximate surface area is 125 Å². The lowest BCUT2D eigenvalue weighted by atomic mass is 10.0. The highest BCUT2D eigenvalue weighted by Crippen LogP contribution is 2.31. The molecule has 1 aromatic carbocycles. The van der Waals surface area contributed by atoms with E-state index in [4.69, 9.17) is 9.84 Å². The molecule has 0 amide bonds. The van der Waals surface area contributed by atoms with Gasteiger partial charge in [-0.1, -0.05) is 22.0 Å². The molecule has 2 rings (SSSR count). The maximum Gasteiger partial charge on any atom is 0.329 e. The summed E-state index contributed by atoms with van der Waals surface area (Å²) in [6.45, 7) is 1.56. The minimum Gasteiger partial charge on any atom is -0.480 e. The van der Waals surface area contributed by atoms with Crippen molar-refractivity contribution in [3.8, 4) is 0 Å². The Morgan fingerprint density at radius 2 is 2.15 bits per heavy atom. The molecule has 1 aromatic rings. The smallest absolute Gasteiger partial charge is 0.329 e. The summed E-state index contributed by atoms with van der Waals surface area (Å²) in [5.74, 6) is -1.07. The summed E-state index contributed by atoms with van der Waals surface area (Å²) in [6, 6.07) is 6.45. The number of sulfonamides is 1. The zero-order valence-corrected chi connectivity index (χ0v) is 13.1.